The second-order valence-corrected chi connectivity index (χ2v) is 6.08. The summed E-state index contributed by atoms with van der Waals surface area (Å²) in [5, 5.41) is 15.9. The second kappa shape index (κ2) is 9.18. The zero-order valence-electron chi connectivity index (χ0n) is 15.1. The highest BCUT2D eigenvalue weighted by molar-refractivity contribution is 6.33. The number of hydrogen-bond acceptors (Lipinski definition) is 7. The highest BCUT2D eigenvalue weighted by Crippen LogP contribution is 2.23. The van der Waals surface area contributed by atoms with Crippen molar-refractivity contribution in [1.82, 2.24) is 10.6 Å². The summed E-state index contributed by atoms with van der Waals surface area (Å²) in [5.74, 6) is -1.59. The molecule has 1 atom stereocenters. The largest absolute Gasteiger partial charge is 0.463 e. The van der Waals surface area contributed by atoms with Crippen molar-refractivity contribution in [2.45, 2.75) is 26.3 Å². The third kappa shape index (κ3) is 4.77. The number of amides is 2. The van der Waals surface area contributed by atoms with Crippen LogP contribution in [0.2, 0.25) is 5.02 Å². The fourth-order valence-electron chi connectivity index (χ4n) is 2.57. The highest BCUT2D eigenvalue weighted by Gasteiger charge is 2.32. The molecule has 150 valence electrons. The summed E-state index contributed by atoms with van der Waals surface area (Å²) >= 11 is 5.92. The Morgan fingerprint density at radius 1 is 1.25 bits per heavy atom. The number of nitrogens with zero attached hydrogens (tertiary/aromatic N) is 1. The van der Waals surface area contributed by atoms with Gasteiger partial charge in [-0.05, 0) is 19.4 Å². The van der Waals surface area contributed by atoms with Crippen LogP contribution < -0.4 is 10.6 Å². The first-order valence-electron chi connectivity index (χ1n) is 8.37. The van der Waals surface area contributed by atoms with Gasteiger partial charge in [-0.15, -0.1) is 0 Å². The predicted octanol–water partition coefficient (Wildman–Crippen LogP) is 2.31. The van der Waals surface area contributed by atoms with Gasteiger partial charge in [-0.3, -0.25) is 10.1 Å². The Balaban J connectivity index is 2.27. The van der Waals surface area contributed by atoms with Crippen LogP contribution >= 0.6 is 11.6 Å². The number of carbonyl (C=O) groups excluding carboxylic acids is 3. The normalized spacial score (nSPS) is 16.1. The fraction of sp³-hybridized carbons (Fsp3) is 0.353. The van der Waals surface area contributed by atoms with Crippen molar-refractivity contribution in [2.24, 2.45) is 0 Å². The lowest BCUT2D eigenvalue weighted by atomic mass is 10.0. The van der Waals surface area contributed by atoms with Crippen LogP contribution in [0.5, 0.6) is 0 Å². The summed E-state index contributed by atoms with van der Waals surface area (Å²) in [5.41, 5.74) is -0.323. The van der Waals surface area contributed by atoms with Crippen LogP contribution in [-0.2, 0) is 14.3 Å². The molecule has 1 aromatic rings. The Morgan fingerprint density at radius 3 is 2.57 bits per heavy atom. The van der Waals surface area contributed by atoms with E-state index in [0.717, 1.165) is 12.1 Å². The maximum absolute atomic E-state index is 12.3. The zero-order valence-corrected chi connectivity index (χ0v) is 15.9. The van der Waals surface area contributed by atoms with E-state index in [1.807, 2.05) is 0 Å². The number of esters is 2. The number of non-ortho nitro benzene ring substituents is 1. The molecule has 1 aliphatic rings. The fourth-order valence-corrected chi connectivity index (χ4v) is 2.77. The van der Waals surface area contributed by atoms with Crippen LogP contribution in [0.15, 0.2) is 29.5 Å². The molecule has 11 heteroatoms. The van der Waals surface area contributed by atoms with E-state index >= 15 is 0 Å². The molecule has 28 heavy (non-hydrogen) atoms. The Bertz CT molecular complexity index is 853. The smallest absolute Gasteiger partial charge is 0.340 e. The molecule has 0 aromatic heterocycles. The van der Waals surface area contributed by atoms with Gasteiger partial charge in [0.15, 0.2) is 0 Å². The average Bonchev–Trinajstić information content (AvgIpc) is 2.65. The van der Waals surface area contributed by atoms with Crippen molar-refractivity contribution < 1.29 is 28.8 Å². The molecule has 0 aliphatic carbocycles. The van der Waals surface area contributed by atoms with E-state index in [4.69, 9.17) is 21.1 Å². The molecule has 1 aromatic carbocycles. The Labute approximate surface area is 165 Å². The van der Waals surface area contributed by atoms with Gasteiger partial charge in [-0.25, -0.2) is 14.4 Å². The van der Waals surface area contributed by atoms with Crippen LogP contribution in [0.4, 0.5) is 10.5 Å². The summed E-state index contributed by atoms with van der Waals surface area (Å²) in [6, 6.07) is 2.18. The van der Waals surface area contributed by atoms with E-state index < -0.39 is 35.5 Å². The van der Waals surface area contributed by atoms with Crippen molar-refractivity contribution >= 4 is 35.3 Å². The Kier molecular flexibility index (Phi) is 6.94. The van der Waals surface area contributed by atoms with Gasteiger partial charge < -0.3 is 20.1 Å². The summed E-state index contributed by atoms with van der Waals surface area (Å²) in [6.45, 7) is 3.08. The molecule has 0 spiro atoms. The lowest BCUT2D eigenvalue weighted by molar-refractivity contribution is -0.384. The van der Waals surface area contributed by atoms with Crippen LogP contribution in [0, 0.1) is 10.1 Å². The topological polar surface area (TPSA) is 137 Å². The van der Waals surface area contributed by atoms with E-state index in [1.165, 1.54) is 6.07 Å². The third-order valence-corrected chi connectivity index (χ3v) is 4.20. The zero-order chi connectivity index (χ0) is 20.8. The maximum Gasteiger partial charge on any atom is 0.340 e. The molecule has 0 bridgehead atoms. The first-order valence-corrected chi connectivity index (χ1v) is 8.75. The van der Waals surface area contributed by atoms with Crippen molar-refractivity contribution in [3.63, 3.8) is 0 Å². The van der Waals surface area contributed by atoms with Gasteiger partial charge in [0, 0.05) is 12.1 Å². The molecule has 2 rings (SSSR count). The number of carbonyl (C=O) groups is 3. The molecule has 0 radical (unpaired) electrons. The minimum atomic E-state index is -0.940. The van der Waals surface area contributed by atoms with Crippen molar-refractivity contribution in [2.75, 3.05) is 13.2 Å². The SMILES string of the molecule is CCOC(=O)C1=C(COC(=O)c2cc([N+](=O)[O-])ccc2Cl)NC(=O)N[C@H]1CC. The molecule has 0 unspecified atom stereocenters. The average molecular weight is 412 g/mol. The van der Waals surface area contributed by atoms with Gasteiger partial charge in [0.05, 0.1) is 39.4 Å². The number of rotatable bonds is 7. The van der Waals surface area contributed by atoms with E-state index in [0.29, 0.717) is 6.42 Å². The monoisotopic (exact) mass is 411 g/mol. The number of hydrogen-bond donors (Lipinski definition) is 2. The standard InChI is InChI=1S/C17H18ClN3O7/c1-3-12-14(16(23)27-4-2)13(20-17(24)19-12)8-28-15(22)10-7-9(21(25)26)5-6-11(10)18/h5-7,12H,3-4,8H2,1-2H3,(H2,19,20,24)/t12-/m0/s1. The van der Waals surface area contributed by atoms with E-state index in [2.05, 4.69) is 10.6 Å². The number of nitrogens with one attached hydrogen (secondary N) is 2. The Morgan fingerprint density at radius 2 is 1.96 bits per heavy atom. The molecule has 1 heterocycles. The van der Waals surface area contributed by atoms with Gasteiger partial charge in [-0.2, -0.15) is 0 Å². The van der Waals surface area contributed by atoms with Gasteiger partial charge in [0.1, 0.15) is 6.61 Å². The second-order valence-electron chi connectivity index (χ2n) is 5.67. The van der Waals surface area contributed by atoms with Crippen LogP contribution in [0.1, 0.15) is 30.6 Å². The minimum Gasteiger partial charge on any atom is -0.463 e. The summed E-state index contributed by atoms with van der Waals surface area (Å²) in [7, 11) is 0. The molecule has 10 nitrogen and oxygen atoms in total. The van der Waals surface area contributed by atoms with Crippen molar-refractivity contribution in [1.29, 1.82) is 0 Å². The van der Waals surface area contributed by atoms with Gasteiger partial charge in [0.25, 0.3) is 5.69 Å². The molecule has 1 aliphatic heterocycles. The first-order chi connectivity index (χ1) is 13.3. The van der Waals surface area contributed by atoms with Gasteiger partial charge >= 0.3 is 18.0 Å². The van der Waals surface area contributed by atoms with Crippen LogP contribution in [0.3, 0.4) is 0 Å². The van der Waals surface area contributed by atoms with Gasteiger partial charge in [-0.1, -0.05) is 18.5 Å². The van der Waals surface area contributed by atoms with Crippen LogP contribution in [-0.4, -0.2) is 42.1 Å². The summed E-state index contributed by atoms with van der Waals surface area (Å²) in [6.07, 6.45) is 0.412. The van der Waals surface area contributed by atoms with Gasteiger partial charge in [0.2, 0.25) is 0 Å². The van der Waals surface area contributed by atoms with E-state index in [-0.39, 0.29) is 34.2 Å². The van der Waals surface area contributed by atoms with Crippen LogP contribution in [0.25, 0.3) is 0 Å². The van der Waals surface area contributed by atoms with E-state index in [1.54, 1.807) is 13.8 Å². The highest BCUT2D eigenvalue weighted by atomic mass is 35.5. The minimum absolute atomic E-state index is 0.0315. The van der Waals surface area contributed by atoms with Crippen molar-refractivity contribution in [3.8, 4) is 0 Å². The summed E-state index contributed by atoms with van der Waals surface area (Å²) < 4.78 is 10.1. The molecule has 2 amide bonds. The molecular formula is C17H18ClN3O7. The number of urea groups is 1. The van der Waals surface area contributed by atoms with E-state index in [9.17, 15) is 24.5 Å². The number of ether oxygens (including phenoxy) is 2. The van der Waals surface area contributed by atoms with Crippen molar-refractivity contribution in [3.05, 3.63) is 50.2 Å². The Hall–Kier alpha value is -3.14. The lowest BCUT2D eigenvalue weighted by Gasteiger charge is -2.28. The molecule has 0 saturated carbocycles. The molecular weight excluding hydrogens is 394 g/mol. The molecule has 0 fully saturated rings. The quantitative estimate of drug-likeness (QED) is 0.399. The number of benzene rings is 1. The lowest BCUT2D eigenvalue weighted by Crippen LogP contribution is -2.51. The molecule has 2 N–H and O–H groups in total. The number of halogens is 1. The third-order valence-electron chi connectivity index (χ3n) is 3.88. The maximum atomic E-state index is 12.3. The predicted molar refractivity (Wildman–Crippen MR) is 97.8 cm³/mol. The molecule has 0 saturated heterocycles. The first kappa shape index (κ1) is 21.2. The summed E-state index contributed by atoms with van der Waals surface area (Å²) in [4.78, 5) is 46.6. The number of nitro groups is 1. The number of nitro benzene ring substituents is 1.